The summed E-state index contributed by atoms with van der Waals surface area (Å²) < 4.78 is 1.66. The Morgan fingerprint density at radius 1 is 1.39 bits per heavy atom. The van der Waals surface area contributed by atoms with E-state index in [1.54, 1.807) is 16.9 Å². The molecule has 1 amide bonds. The van der Waals surface area contributed by atoms with E-state index >= 15 is 0 Å². The summed E-state index contributed by atoms with van der Waals surface area (Å²) in [5, 5.41) is 7.50. The number of hydrogen-bond acceptors (Lipinski definition) is 4. The van der Waals surface area contributed by atoms with Gasteiger partial charge in [-0.15, -0.1) is 0 Å². The molecule has 1 aliphatic rings. The molecule has 1 aliphatic heterocycles. The molecule has 0 unspecified atom stereocenters. The van der Waals surface area contributed by atoms with Crippen molar-refractivity contribution in [3.63, 3.8) is 0 Å². The molecule has 1 N–H and O–H groups in total. The van der Waals surface area contributed by atoms with Crippen LogP contribution in [-0.4, -0.2) is 51.6 Å². The molecule has 2 aromatic rings. The zero-order valence-corrected chi connectivity index (χ0v) is 10.3. The van der Waals surface area contributed by atoms with Gasteiger partial charge in [-0.05, 0) is 6.92 Å². The van der Waals surface area contributed by atoms with Crippen LogP contribution in [0.25, 0.3) is 5.65 Å². The normalized spacial score (nSPS) is 16.2. The van der Waals surface area contributed by atoms with E-state index in [0.29, 0.717) is 5.56 Å². The molecule has 1 saturated heterocycles. The van der Waals surface area contributed by atoms with Crippen molar-refractivity contribution in [3.8, 4) is 0 Å². The molecule has 3 heterocycles. The summed E-state index contributed by atoms with van der Waals surface area (Å²) in [5.41, 5.74) is 2.26. The second-order valence-corrected chi connectivity index (χ2v) is 4.47. The van der Waals surface area contributed by atoms with Crippen LogP contribution in [0.15, 0.2) is 18.5 Å². The second-order valence-electron chi connectivity index (χ2n) is 4.47. The van der Waals surface area contributed by atoms with E-state index in [1.807, 2.05) is 17.9 Å². The standard InChI is InChI=1S/C12H15N5O/c1-9-6-11-14-7-10(8-17(11)15-9)12(18)16-4-2-13-3-5-16/h6-8,13H,2-5H2,1H3. The van der Waals surface area contributed by atoms with Gasteiger partial charge in [0, 0.05) is 44.6 Å². The van der Waals surface area contributed by atoms with Gasteiger partial charge in [-0.2, -0.15) is 5.10 Å². The lowest BCUT2D eigenvalue weighted by Gasteiger charge is -2.27. The SMILES string of the molecule is Cc1cc2ncc(C(=O)N3CCNCC3)cn2n1. The highest BCUT2D eigenvalue weighted by Crippen LogP contribution is 2.08. The average molecular weight is 245 g/mol. The Labute approximate surface area is 105 Å². The van der Waals surface area contributed by atoms with Crippen LogP contribution in [0.5, 0.6) is 0 Å². The zero-order chi connectivity index (χ0) is 12.5. The van der Waals surface area contributed by atoms with Gasteiger partial charge in [0.2, 0.25) is 0 Å². The van der Waals surface area contributed by atoms with Crippen molar-refractivity contribution in [1.29, 1.82) is 0 Å². The molecule has 0 saturated carbocycles. The van der Waals surface area contributed by atoms with Gasteiger partial charge < -0.3 is 10.2 Å². The molecule has 94 valence electrons. The minimum atomic E-state index is 0.0269. The maximum atomic E-state index is 12.3. The Balaban J connectivity index is 1.90. The molecule has 6 nitrogen and oxygen atoms in total. The quantitative estimate of drug-likeness (QED) is 0.773. The molecule has 3 rings (SSSR count). The molecule has 0 bridgehead atoms. The summed E-state index contributed by atoms with van der Waals surface area (Å²) in [5.74, 6) is 0.0269. The highest BCUT2D eigenvalue weighted by atomic mass is 16.2. The fourth-order valence-corrected chi connectivity index (χ4v) is 2.16. The smallest absolute Gasteiger partial charge is 0.257 e. The van der Waals surface area contributed by atoms with E-state index < -0.39 is 0 Å². The van der Waals surface area contributed by atoms with Crippen LogP contribution in [0.2, 0.25) is 0 Å². The number of carbonyl (C=O) groups is 1. The molecule has 0 atom stereocenters. The molecular formula is C12H15N5O. The summed E-state index contributed by atoms with van der Waals surface area (Å²) >= 11 is 0. The van der Waals surface area contributed by atoms with Gasteiger partial charge in [-0.3, -0.25) is 4.79 Å². The minimum absolute atomic E-state index is 0.0269. The summed E-state index contributed by atoms with van der Waals surface area (Å²) in [7, 11) is 0. The second kappa shape index (κ2) is 4.38. The maximum absolute atomic E-state index is 12.3. The van der Waals surface area contributed by atoms with Gasteiger partial charge in [0.15, 0.2) is 5.65 Å². The van der Waals surface area contributed by atoms with E-state index in [0.717, 1.165) is 37.5 Å². The number of nitrogens with one attached hydrogen (secondary N) is 1. The van der Waals surface area contributed by atoms with Crippen molar-refractivity contribution < 1.29 is 4.79 Å². The van der Waals surface area contributed by atoms with E-state index in [2.05, 4.69) is 15.4 Å². The third-order valence-corrected chi connectivity index (χ3v) is 3.09. The van der Waals surface area contributed by atoms with Crippen LogP contribution in [0.3, 0.4) is 0 Å². The van der Waals surface area contributed by atoms with Gasteiger partial charge in [0.1, 0.15) is 0 Å². The Bertz CT molecular complexity index is 585. The molecule has 0 radical (unpaired) electrons. The van der Waals surface area contributed by atoms with Crippen molar-refractivity contribution in [2.75, 3.05) is 26.2 Å². The van der Waals surface area contributed by atoms with Gasteiger partial charge in [0.25, 0.3) is 5.91 Å². The number of hydrogen-bond donors (Lipinski definition) is 1. The highest BCUT2D eigenvalue weighted by Gasteiger charge is 2.18. The largest absolute Gasteiger partial charge is 0.336 e. The Kier molecular flexibility index (Phi) is 2.71. The van der Waals surface area contributed by atoms with Gasteiger partial charge in [-0.1, -0.05) is 0 Å². The monoisotopic (exact) mass is 245 g/mol. The number of fused-ring (bicyclic) bond motifs is 1. The molecule has 0 spiro atoms. The number of amides is 1. The first-order chi connectivity index (χ1) is 8.74. The van der Waals surface area contributed by atoms with Gasteiger partial charge in [-0.25, -0.2) is 9.50 Å². The Morgan fingerprint density at radius 3 is 2.94 bits per heavy atom. The summed E-state index contributed by atoms with van der Waals surface area (Å²) in [4.78, 5) is 18.4. The van der Waals surface area contributed by atoms with Gasteiger partial charge in [0.05, 0.1) is 11.3 Å². The van der Waals surface area contributed by atoms with Crippen LogP contribution in [0.1, 0.15) is 16.1 Å². The third kappa shape index (κ3) is 1.95. The molecule has 0 aliphatic carbocycles. The van der Waals surface area contributed by atoms with E-state index in [9.17, 15) is 4.79 Å². The fraction of sp³-hybridized carbons (Fsp3) is 0.417. The Morgan fingerprint density at radius 2 is 2.17 bits per heavy atom. The fourth-order valence-electron chi connectivity index (χ4n) is 2.16. The number of piperazine rings is 1. The van der Waals surface area contributed by atoms with E-state index in [1.165, 1.54) is 0 Å². The highest BCUT2D eigenvalue weighted by molar-refractivity contribution is 5.93. The van der Waals surface area contributed by atoms with Crippen molar-refractivity contribution in [1.82, 2.24) is 24.8 Å². The van der Waals surface area contributed by atoms with E-state index in [-0.39, 0.29) is 5.91 Å². The molecule has 0 aromatic carbocycles. The number of aromatic nitrogens is 3. The topological polar surface area (TPSA) is 62.5 Å². The predicted octanol–water partition coefficient (Wildman–Crippen LogP) is 0.0831. The van der Waals surface area contributed by atoms with Crippen molar-refractivity contribution >= 4 is 11.6 Å². The summed E-state index contributed by atoms with van der Waals surface area (Å²) in [6.07, 6.45) is 3.38. The van der Waals surface area contributed by atoms with Crippen molar-refractivity contribution in [2.45, 2.75) is 6.92 Å². The lowest BCUT2D eigenvalue weighted by molar-refractivity contribution is 0.0734. The number of rotatable bonds is 1. The molecule has 2 aromatic heterocycles. The van der Waals surface area contributed by atoms with Crippen LogP contribution in [-0.2, 0) is 0 Å². The zero-order valence-electron chi connectivity index (χ0n) is 10.3. The molecular weight excluding hydrogens is 230 g/mol. The molecule has 6 heteroatoms. The minimum Gasteiger partial charge on any atom is -0.336 e. The van der Waals surface area contributed by atoms with E-state index in [4.69, 9.17) is 0 Å². The van der Waals surface area contributed by atoms with Crippen molar-refractivity contribution in [2.24, 2.45) is 0 Å². The maximum Gasteiger partial charge on any atom is 0.257 e. The van der Waals surface area contributed by atoms with Crippen LogP contribution < -0.4 is 5.32 Å². The summed E-state index contributed by atoms with van der Waals surface area (Å²) in [6.45, 7) is 5.10. The lowest BCUT2D eigenvalue weighted by Crippen LogP contribution is -2.46. The lowest BCUT2D eigenvalue weighted by atomic mass is 10.2. The first-order valence-corrected chi connectivity index (χ1v) is 6.06. The van der Waals surface area contributed by atoms with Crippen LogP contribution in [0.4, 0.5) is 0 Å². The average Bonchev–Trinajstić information content (AvgIpc) is 2.78. The first kappa shape index (κ1) is 11.2. The molecule has 18 heavy (non-hydrogen) atoms. The van der Waals surface area contributed by atoms with Crippen LogP contribution in [0, 0.1) is 6.92 Å². The summed E-state index contributed by atoms with van der Waals surface area (Å²) in [6, 6.07) is 1.89. The third-order valence-electron chi connectivity index (χ3n) is 3.09. The van der Waals surface area contributed by atoms with Gasteiger partial charge >= 0.3 is 0 Å². The van der Waals surface area contributed by atoms with Crippen LogP contribution >= 0.6 is 0 Å². The number of nitrogens with zero attached hydrogens (tertiary/aromatic N) is 4. The molecule has 1 fully saturated rings. The first-order valence-electron chi connectivity index (χ1n) is 6.06. The Hall–Kier alpha value is -1.95. The predicted molar refractivity (Wildman–Crippen MR) is 66.5 cm³/mol. The van der Waals surface area contributed by atoms with Crippen molar-refractivity contribution in [3.05, 3.63) is 29.7 Å². The number of carbonyl (C=O) groups excluding carboxylic acids is 1. The number of aryl methyl sites for hydroxylation is 1.